The number of benzene rings is 2. The van der Waals surface area contributed by atoms with Crippen molar-refractivity contribution in [2.24, 2.45) is 0 Å². The van der Waals surface area contributed by atoms with Crippen LogP contribution in [0.25, 0.3) is 10.6 Å². The minimum Gasteiger partial charge on any atom is -0.338 e. The van der Waals surface area contributed by atoms with Gasteiger partial charge in [-0.05, 0) is 31.0 Å². The molecule has 0 radical (unpaired) electrons. The Balaban J connectivity index is 1.39. The van der Waals surface area contributed by atoms with Gasteiger partial charge in [0.1, 0.15) is 5.01 Å². The molecule has 2 aromatic carbocycles. The molecule has 6 nitrogen and oxygen atoms in total. The summed E-state index contributed by atoms with van der Waals surface area (Å²) in [7, 11) is 0. The average Bonchev–Trinajstić information content (AvgIpc) is 3.32. The molecule has 1 fully saturated rings. The number of likely N-dealkylation sites (tertiary alicyclic amines) is 1. The van der Waals surface area contributed by atoms with Gasteiger partial charge in [0.05, 0.1) is 0 Å². The van der Waals surface area contributed by atoms with Crippen LogP contribution in [0.2, 0.25) is 0 Å². The van der Waals surface area contributed by atoms with Crippen molar-refractivity contribution < 1.29 is 9.59 Å². The Bertz CT molecular complexity index is 996. The van der Waals surface area contributed by atoms with Gasteiger partial charge in [-0.25, -0.2) is 0 Å². The zero-order valence-corrected chi connectivity index (χ0v) is 16.3. The summed E-state index contributed by atoms with van der Waals surface area (Å²) >= 11 is 1.34. The number of rotatable bonds is 5. The number of aromatic nitrogens is 2. The van der Waals surface area contributed by atoms with E-state index in [1.807, 2.05) is 48.2 Å². The van der Waals surface area contributed by atoms with Crippen LogP contribution in [0.15, 0.2) is 48.5 Å². The highest BCUT2D eigenvalue weighted by Crippen LogP contribution is 2.26. The Morgan fingerprint density at radius 2 is 1.86 bits per heavy atom. The molecule has 28 heavy (non-hydrogen) atoms. The van der Waals surface area contributed by atoms with E-state index in [0.29, 0.717) is 23.7 Å². The lowest BCUT2D eigenvalue weighted by Crippen LogP contribution is -2.23. The highest BCUT2D eigenvalue weighted by molar-refractivity contribution is 7.18. The van der Waals surface area contributed by atoms with Crippen LogP contribution in [-0.4, -0.2) is 33.5 Å². The molecule has 7 heteroatoms. The zero-order chi connectivity index (χ0) is 19.5. The molecule has 2 heterocycles. The molecule has 1 aliphatic rings. The fourth-order valence-corrected chi connectivity index (χ4v) is 3.85. The molecule has 1 aliphatic heterocycles. The number of aryl methyl sites for hydroxylation is 1. The Morgan fingerprint density at radius 1 is 1.11 bits per heavy atom. The van der Waals surface area contributed by atoms with E-state index in [0.717, 1.165) is 29.1 Å². The molecule has 0 saturated carbocycles. The molecule has 3 aromatic rings. The minimum absolute atomic E-state index is 0.197. The SMILES string of the molecule is Cc1ccc(-c2nnc(NC(=O)c3ccc(CN4CCCC4=O)cc3)s2)cc1. The van der Waals surface area contributed by atoms with E-state index in [1.165, 1.54) is 16.9 Å². The second-order valence-electron chi connectivity index (χ2n) is 6.85. The van der Waals surface area contributed by atoms with Crippen LogP contribution in [0.4, 0.5) is 5.13 Å². The summed E-state index contributed by atoms with van der Waals surface area (Å²) in [6.45, 7) is 3.43. The fraction of sp³-hybridized carbons (Fsp3) is 0.238. The van der Waals surface area contributed by atoms with Crippen LogP contribution < -0.4 is 5.32 Å². The van der Waals surface area contributed by atoms with E-state index >= 15 is 0 Å². The van der Waals surface area contributed by atoms with Gasteiger partial charge in [-0.15, -0.1) is 10.2 Å². The van der Waals surface area contributed by atoms with Crippen molar-refractivity contribution in [3.8, 4) is 10.6 Å². The number of nitrogens with zero attached hydrogens (tertiary/aromatic N) is 3. The zero-order valence-electron chi connectivity index (χ0n) is 15.5. The van der Waals surface area contributed by atoms with Crippen molar-refractivity contribution in [1.29, 1.82) is 0 Å². The number of anilines is 1. The van der Waals surface area contributed by atoms with Crippen LogP contribution in [-0.2, 0) is 11.3 Å². The molecule has 1 N–H and O–H groups in total. The highest BCUT2D eigenvalue weighted by Gasteiger charge is 2.20. The summed E-state index contributed by atoms with van der Waals surface area (Å²) in [5.74, 6) is -0.0297. The number of carbonyl (C=O) groups is 2. The van der Waals surface area contributed by atoms with E-state index in [9.17, 15) is 9.59 Å². The normalized spacial score (nSPS) is 13.8. The molecule has 2 amide bonds. The van der Waals surface area contributed by atoms with Gasteiger partial charge >= 0.3 is 0 Å². The van der Waals surface area contributed by atoms with Gasteiger partial charge in [0.25, 0.3) is 5.91 Å². The molecule has 1 aromatic heterocycles. The van der Waals surface area contributed by atoms with E-state index < -0.39 is 0 Å². The molecule has 0 atom stereocenters. The maximum atomic E-state index is 12.5. The lowest BCUT2D eigenvalue weighted by molar-refractivity contribution is -0.128. The van der Waals surface area contributed by atoms with Gasteiger partial charge in [-0.3, -0.25) is 14.9 Å². The summed E-state index contributed by atoms with van der Waals surface area (Å²) in [6.07, 6.45) is 1.55. The maximum Gasteiger partial charge on any atom is 0.257 e. The van der Waals surface area contributed by atoms with E-state index in [1.54, 1.807) is 12.1 Å². The van der Waals surface area contributed by atoms with Crippen LogP contribution in [0.3, 0.4) is 0 Å². The first-order chi connectivity index (χ1) is 13.6. The lowest BCUT2D eigenvalue weighted by atomic mass is 10.1. The van der Waals surface area contributed by atoms with Gasteiger partial charge in [0.15, 0.2) is 0 Å². The number of hydrogen-bond acceptors (Lipinski definition) is 5. The molecule has 0 bridgehead atoms. The molecular formula is C21H20N4O2S. The summed E-state index contributed by atoms with van der Waals surface area (Å²) in [5, 5.41) is 12.3. The van der Waals surface area contributed by atoms with Crippen LogP contribution >= 0.6 is 11.3 Å². The van der Waals surface area contributed by atoms with Crippen molar-refractivity contribution >= 4 is 28.3 Å². The number of nitrogens with one attached hydrogen (secondary N) is 1. The summed E-state index contributed by atoms with van der Waals surface area (Å²) in [4.78, 5) is 26.1. The van der Waals surface area contributed by atoms with Crippen molar-refractivity contribution in [1.82, 2.24) is 15.1 Å². The smallest absolute Gasteiger partial charge is 0.257 e. The third-order valence-corrected chi connectivity index (χ3v) is 5.59. The largest absolute Gasteiger partial charge is 0.338 e. The van der Waals surface area contributed by atoms with Crippen molar-refractivity contribution in [2.45, 2.75) is 26.3 Å². The average molecular weight is 392 g/mol. The van der Waals surface area contributed by atoms with Gasteiger partial charge < -0.3 is 4.90 Å². The molecule has 0 aliphatic carbocycles. The second kappa shape index (κ2) is 7.90. The predicted molar refractivity (Wildman–Crippen MR) is 109 cm³/mol. The third kappa shape index (κ3) is 4.09. The topological polar surface area (TPSA) is 75.2 Å². The number of carbonyl (C=O) groups excluding carboxylic acids is 2. The minimum atomic E-state index is -0.226. The first-order valence-electron chi connectivity index (χ1n) is 9.17. The monoisotopic (exact) mass is 392 g/mol. The first-order valence-corrected chi connectivity index (χ1v) is 9.99. The van der Waals surface area contributed by atoms with Gasteiger partial charge in [-0.2, -0.15) is 0 Å². The quantitative estimate of drug-likeness (QED) is 0.715. The number of amides is 2. The first kappa shape index (κ1) is 18.3. The van der Waals surface area contributed by atoms with Crippen LogP contribution in [0.1, 0.15) is 34.3 Å². The van der Waals surface area contributed by atoms with E-state index in [-0.39, 0.29) is 11.8 Å². The van der Waals surface area contributed by atoms with Crippen molar-refractivity contribution in [3.05, 3.63) is 65.2 Å². The van der Waals surface area contributed by atoms with E-state index in [2.05, 4.69) is 15.5 Å². The second-order valence-corrected chi connectivity index (χ2v) is 7.83. The summed E-state index contributed by atoms with van der Waals surface area (Å²) in [5.41, 5.74) is 3.72. The van der Waals surface area contributed by atoms with Gasteiger partial charge in [0.2, 0.25) is 11.0 Å². The van der Waals surface area contributed by atoms with Crippen LogP contribution in [0.5, 0.6) is 0 Å². The van der Waals surface area contributed by atoms with Crippen LogP contribution in [0, 0.1) is 6.92 Å². The maximum absolute atomic E-state index is 12.5. The van der Waals surface area contributed by atoms with Gasteiger partial charge in [0, 0.05) is 30.6 Å². The standard InChI is InChI=1S/C21H20N4O2S/c1-14-4-8-17(9-5-14)20-23-24-21(28-20)22-19(27)16-10-6-15(7-11-16)13-25-12-2-3-18(25)26/h4-11H,2-3,12-13H2,1H3,(H,22,24,27). The lowest BCUT2D eigenvalue weighted by Gasteiger charge is -2.15. The third-order valence-electron chi connectivity index (χ3n) is 4.70. The molecule has 0 spiro atoms. The molecule has 142 valence electrons. The fourth-order valence-electron chi connectivity index (χ4n) is 3.11. The molecule has 0 unspecified atom stereocenters. The van der Waals surface area contributed by atoms with Crippen molar-refractivity contribution in [2.75, 3.05) is 11.9 Å². The Labute approximate surface area is 167 Å². The molecule has 4 rings (SSSR count). The summed E-state index contributed by atoms with van der Waals surface area (Å²) in [6, 6.07) is 15.3. The highest BCUT2D eigenvalue weighted by atomic mass is 32.1. The number of hydrogen-bond donors (Lipinski definition) is 1. The van der Waals surface area contributed by atoms with Crippen molar-refractivity contribution in [3.63, 3.8) is 0 Å². The Hall–Kier alpha value is -3.06. The molecular weight excluding hydrogens is 372 g/mol. The predicted octanol–water partition coefficient (Wildman–Crippen LogP) is 3.89. The summed E-state index contributed by atoms with van der Waals surface area (Å²) < 4.78 is 0. The van der Waals surface area contributed by atoms with E-state index in [4.69, 9.17) is 0 Å². The molecule has 1 saturated heterocycles. The Morgan fingerprint density at radius 3 is 2.54 bits per heavy atom. The Kier molecular flexibility index (Phi) is 5.16. The van der Waals surface area contributed by atoms with Gasteiger partial charge in [-0.1, -0.05) is 53.3 Å².